The fraction of sp³-hybridized carbons (Fsp3) is 0.263. The largest absolute Gasteiger partial charge is 0.493 e. The zero-order chi connectivity index (χ0) is 17.5. The van der Waals surface area contributed by atoms with Crippen LogP contribution in [0.2, 0.25) is 0 Å². The molecule has 0 bridgehead atoms. The van der Waals surface area contributed by atoms with Gasteiger partial charge in [-0.1, -0.05) is 12.1 Å². The molecule has 0 radical (unpaired) electrons. The molecule has 24 heavy (non-hydrogen) atoms. The van der Waals surface area contributed by atoms with Gasteiger partial charge < -0.3 is 24.8 Å². The molecule has 0 heterocycles. The Kier molecular flexibility index (Phi) is 5.95. The highest BCUT2D eigenvalue weighted by atomic mass is 16.5. The highest BCUT2D eigenvalue weighted by Crippen LogP contribution is 2.38. The van der Waals surface area contributed by atoms with Crippen molar-refractivity contribution in [2.75, 3.05) is 34.1 Å². The van der Waals surface area contributed by atoms with Crippen molar-refractivity contribution in [3.63, 3.8) is 0 Å². The van der Waals surface area contributed by atoms with E-state index in [1.165, 1.54) is 5.56 Å². The van der Waals surface area contributed by atoms with Crippen molar-refractivity contribution in [2.45, 2.75) is 6.54 Å². The summed E-state index contributed by atoms with van der Waals surface area (Å²) in [6.07, 6.45) is 4.01. The molecule has 2 aromatic rings. The Morgan fingerprint density at radius 2 is 1.54 bits per heavy atom. The summed E-state index contributed by atoms with van der Waals surface area (Å²) in [6, 6.07) is 11.7. The number of hydrogen-bond acceptors (Lipinski definition) is 5. The summed E-state index contributed by atoms with van der Waals surface area (Å²) in [5.41, 5.74) is 8.64. The Hall–Kier alpha value is -2.82. The maximum atomic E-state index is 5.71. The summed E-state index contributed by atoms with van der Waals surface area (Å²) in [7, 11) is 6.83. The molecule has 0 aliphatic rings. The van der Waals surface area contributed by atoms with Gasteiger partial charge in [-0.05, 0) is 47.7 Å². The second-order valence-corrected chi connectivity index (χ2v) is 5.43. The van der Waals surface area contributed by atoms with E-state index in [1.807, 2.05) is 55.7 Å². The zero-order valence-corrected chi connectivity index (χ0v) is 14.6. The van der Waals surface area contributed by atoms with Crippen LogP contribution in [0.15, 0.2) is 42.6 Å². The first-order chi connectivity index (χ1) is 11.6. The van der Waals surface area contributed by atoms with Gasteiger partial charge in [-0.15, -0.1) is 0 Å². The molecule has 0 amide bonds. The van der Waals surface area contributed by atoms with Gasteiger partial charge in [-0.2, -0.15) is 0 Å². The van der Waals surface area contributed by atoms with Gasteiger partial charge in [0.2, 0.25) is 5.75 Å². The molecule has 128 valence electrons. The molecular formula is C19H24N2O3. The summed E-state index contributed by atoms with van der Waals surface area (Å²) in [6.45, 7) is 0.793. The monoisotopic (exact) mass is 328 g/mol. The van der Waals surface area contributed by atoms with Gasteiger partial charge in [0.15, 0.2) is 11.5 Å². The predicted molar refractivity (Wildman–Crippen MR) is 97.5 cm³/mol. The summed E-state index contributed by atoms with van der Waals surface area (Å²) in [4.78, 5) is 2.09. The van der Waals surface area contributed by atoms with Gasteiger partial charge in [0.1, 0.15) is 0 Å². The molecule has 2 rings (SSSR count). The number of ether oxygens (including phenoxy) is 3. The minimum Gasteiger partial charge on any atom is -0.493 e. The number of nitrogens with zero attached hydrogens (tertiary/aromatic N) is 1. The van der Waals surface area contributed by atoms with Crippen molar-refractivity contribution in [2.24, 2.45) is 0 Å². The molecule has 0 aliphatic carbocycles. The normalized spacial score (nSPS) is 10.7. The lowest BCUT2D eigenvalue weighted by atomic mass is 10.1. The topological polar surface area (TPSA) is 57.0 Å². The molecular weight excluding hydrogens is 304 g/mol. The van der Waals surface area contributed by atoms with E-state index in [4.69, 9.17) is 19.9 Å². The Balaban J connectivity index is 2.14. The standard InChI is InChI=1S/C19H24N2O3/c1-21(13-14-5-7-16(20)8-6-14)10-9-15-11-17(22-2)19(24-4)18(12-15)23-3/h5-12H,13,20H2,1-4H3. The predicted octanol–water partition coefficient (Wildman–Crippen LogP) is 3.40. The van der Waals surface area contributed by atoms with Crippen molar-refractivity contribution in [3.8, 4) is 17.2 Å². The van der Waals surface area contributed by atoms with Crippen LogP contribution in [-0.2, 0) is 6.54 Å². The van der Waals surface area contributed by atoms with Crippen LogP contribution >= 0.6 is 0 Å². The van der Waals surface area contributed by atoms with Crippen LogP contribution < -0.4 is 19.9 Å². The van der Waals surface area contributed by atoms with Gasteiger partial charge >= 0.3 is 0 Å². The number of rotatable bonds is 7. The lowest BCUT2D eigenvalue weighted by Crippen LogP contribution is -2.09. The fourth-order valence-electron chi connectivity index (χ4n) is 2.37. The van der Waals surface area contributed by atoms with E-state index in [0.717, 1.165) is 17.8 Å². The van der Waals surface area contributed by atoms with Crippen molar-refractivity contribution in [1.82, 2.24) is 4.90 Å². The molecule has 5 nitrogen and oxygen atoms in total. The average Bonchev–Trinajstić information content (AvgIpc) is 2.60. The summed E-state index contributed by atoms with van der Waals surface area (Å²) in [5.74, 6) is 1.86. The molecule has 0 fully saturated rings. The van der Waals surface area contributed by atoms with Crippen molar-refractivity contribution >= 4 is 11.8 Å². The zero-order valence-electron chi connectivity index (χ0n) is 14.6. The molecule has 5 heteroatoms. The maximum Gasteiger partial charge on any atom is 0.203 e. The Labute approximate surface area is 143 Å². The molecule has 0 saturated carbocycles. The van der Waals surface area contributed by atoms with Crippen LogP contribution in [0.25, 0.3) is 6.08 Å². The van der Waals surface area contributed by atoms with Gasteiger partial charge in [-0.25, -0.2) is 0 Å². The quantitative estimate of drug-likeness (QED) is 0.790. The molecule has 0 aromatic heterocycles. The second-order valence-electron chi connectivity index (χ2n) is 5.43. The number of anilines is 1. The van der Waals surface area contributed by atoms with Gasteiger partial charge in [0, 0.05) is 19.3 Å². The van der Waals surface area contributed by atoms with Crippen molar-refractivity contribution in [1.29, 1.82) is 0 Å². The molecule has 0 atom stereocenters. The number of nitrogens with two attached hydrogens (primary N) is 1. The van der Waals surface area contributed by atoms with Crippen LogP contribution in [0.4, 0.5) is 5.69 Å². The Bertz CT molecular complexity index is 671. The summed E-state index contributed by atoms with van der Waals surface area (Å²) >= 11 is 0. The number of nitrogen functional groups attached to an aromatic ring is 1. The van der Waals surface area contributed by atoms with E-state index in [2.05, 4.69) is 4.90 Å². The third-order valence-electron chi connectivity index (χ3n) is 3.62. The van der Waals surface area contributed by atoms with E-state index in [-0.39, 0.29) is 0 Å². The fourth-order valence-corrected chi connectivity index (χ4v) is 2.37. The number of hydrogen-bond donors (Lipinski definition) is 1. The lowest BCUT2D eigenvalue weighted by Gasteiger charge is -2.15. The van der Waals surface area contributed by atoms with Crippen molar-refractivity contribution < 1.29 is 14.2 Å². The SMILES string of the molecule is COc1cc(C=CN(C)Cc2ccc(N)cc2)cc(OC)c1OC. The van der Waals surface area contributed by atoms with Crippen LogP contribution in [0.1, 0.15) is 11.1 Å². The first-order valence-corrected chi connectivity index (χ1v) is 7.60. The van der Waals surface area contributed by atoms with E-state index in [1.54, 1.807) is 21.3 Å². The van der Waals surface area contributed by atoms with E-state index in [0.29, 0.717) is 17.2 Å². The smallest absolute Gasteiger partial charge is 0.203 e. The van der Waals surface area contributed by atoms with Gasteiger partial charge in [0.05, 0.1) is 21.3 Å². The Morgan fingerprint density at radius 3 is 2.04 bits per heavy atom. The van der Waals surface area contributed by atoms with E-state index >= 15 is 0 Å². The number of methoxy groups -OCH3 is 3. The van der Waals surface area contributed by atoms with E-state index < -0.39 is 0 Å². The molecule has 0 unspecified atom stereocenters. The third-order valence-corrected chi connectivity index (χ3v) is 3.62. The second kappa shape index (κ2) is 8.15. The first-order valence-electron chi connectivity index (χ1n) is 7.60. The highest BCUT2D eigenvalue weighted by Gasteiger charge is 2.12. The van der Waals surface area contributed by atoms with Gasteiger partial charge in [-0.3, -0.25) is 0 Å². The lowest BCUT2D eigenvalue weighted by molar-refractivity contribution is 0.324. The molecule has 2 N–H and O–H groups in total. The summed E-state index contributed by atoms with van der Waals surface area (Å²) in [5, 5.41) is 0. The first kappa shape index (κ1) is 17.5. The molecule has 0 saturated heterocycles. The highest BCUT2D eigenvalue weighted by molar-refractivity contribution is 5.62. The number of benzene rings is 2. The Morgan fingerprint density at radius 1 is 0.958 bits per heavy atom. The van der Waals surface area contributed by atoms with Crippen molar-refractivity contribution in [3.05, 3.63) is 53.7 Å². The maximum absolute atomic E-state index is 5.71. The minimum atomic E-state index is 0.590. The van der Waals surface area contributed by atoms with Crippen LogP contribution in [0.5, 0.6) is 17.2 Å². The molecule has 0 aliphatic heterocycles. The van der Waals surface area contributed by atoms with Gasteiger partial charge in [0.25, 0.3) is 0 Å². The minimum absolute atomic E-state index is 0.590. The molecule has 2 aromatic carbocycles. The molecule has 0 spiro atoms. The third kappa shape index (κ3) is 4.35. The van der Waals surface area contributed by atoms with Crippen LogP contribution in [-0.4, -0.2) is 33.3 Å². The average molecular weight is 328 g/mol. The van der Waals surface area contributed by atoms with Crippen LogP contribution in [0, 0.1) is 0 Å². The van der Waals surface area contributed by atoms with E-state index in [9.17, 15) is 0 Å². The van der Waals surface area contributed by atoms with Crippen LogP contribution in [0.3, 0.4) is 0 Å². The summed E-state index contributed by atoms with van der Waals surface area (Å²) < 4.78 is 16.1.